The molecule has 4 rings (SSSR count). The molecule has 0 amide bonds. The zero-order chi connectivity index (χ0) is 24.3. The molecule has 0 saturated carbocycles. The smallest absolute Gasteiger partial charge is 0.416 e. The molecule has 0 fully saturated rings. The SMILES string of the molecule is O=C(c1ccc(Oc2ccccc2)c(C(=O)O)c1)c1ccc(-c2cccc(C(F)(F)F)c2)cn1. The molecule has 0 unspecified atom stereocenters. The van der Waals surface area contributed by atoms with E-state index >= 15 is 0 Å². The van der Waals surface area contributed by atoms with E-state index in [-0.39, 0.29) is 22.6 Å². The summed E-state index contributed by atoms with van der Waals surface area (Å²) < 4.78 is 44.5. The van der Waals surface area contributed by atoms with Crippen molar-refractivity contribution in [2.45, 2.75) is 6.18 Å². The van der Waals surface area contributed by atoms with Crippen LogP contribution in [0, 0.1) is 0 Å². The Morgan fingerprint density at radius 2 is 1.59 bits per heavy atom. The number of carboxylic acid groups (broad SMARTS) is 1. The Labute approximate surface area is 192 Å². The Morgan fingerprint density at radius 3 is 2.24 bits per heavy atom. The molecule has 1 heterocycles. The molecule has 0 atom stereocenters. The van der Waals surface area contributed by atoms with Crippen molar-refractivity contribution in [1.82, 2.24) is 4.98 Å². The van der Waals surface area contributed by atoms with Gasteiger partial charge >= 0.3 is 12.1 Å². The largest absolute Gasteiger partial charge is 0.478 e. The number of carbonyl (C=O) groups is 2. The number of pyridine rings is 1. The van der Waals surface area contributed by atoms with Crippen molar-refractivity contribution in [3.8, 4) is 22.6 Å². The number of alkyl halides is 3. The van der Waals surface area contributed by atoms with Gasteiger partial charge in [-0.05, 0) is 54.1 Å². The standard InChI is InChI=1S/C26H16F3NO4/c27-26(28,29)19-6-4-5-16(13-19)18-9-11-22(30-15-18)24(31)17-10-12-23(21(14-17)25(32)33)34-20-7-2-1-3-8-20/h1-15H,(H,32,33). The number of nitrogens with zero attached hydrogens (tertiary/aromatic N) is 1. The number of para-hydroxylation sites is 1. The fourth-order valence-corrected chi connectivity index (χ4v) is 3.26. The average molecular weight is 463 g/mol. The van der Waals surface area contributed by atoms with Crippen molar-refractivity contribution in [2.75, 3.05) is 0 Å². The number of hydrogen-bond donors (Lipinski definition) is 1. The predicted molar refractivity (Wildman–Crippen MR) is 118 cm³/mol. The first-order valence-electron chi connectivity index (χ1n) is 10.0. The van der Waals surface area contributed by atoms with Crippen LogP contribution < -0.4 is 4.74 Å². The van der Waals surface area contributed by atoms with Gasteiger partial charge in [0.15, 0.2) is 0 Å². The Kier molecular flexibility index (Phi) is 6.14. The summed E-state index contributed by atoms with van der Waals surface area (Å²) in [6.07, 6.45) is -3.18. The molecule has 0 aliphatic heterocycles. The third kappa shape index (κ3) is 4.96. The summed E-state index contributed by atoms with van der Waals surface area (Å²) in [7, 11) is 0. The van der Waals surface area contributed by atoms with Crippen LogP contribution in [0.3, 0.4) is 0 Å². The highest BCUT2D eigenvalue weighted by molar-refractivity contribution is 6.09. The average Bonchev–Trinajstić information content (AvgIpc) is 2.84. The molecule has 3 aromatic carbocycles. The summed E-state index contributed by atoms with van der Waals surface area (Å²) >= 11 is 0. The highest BCUT2D eigenvalue weighted by Gasteiger charge is 2.30. The minimum absolute atomic E-state index is 0.0174. The molecule has 1 aromatic heterocycles. The molecule has 0 spiro atoms. The molecule has 0 saturated heterocycles. The molecule has 34 heavy (non-hydrogen) atoms. The van der Waals surface area contributed by atoms with E-state index in [1.54, 1.807) is 30.3 Å². The van der Waals surface area contributed by atoms with Crippen molar-refractivity contribution in [1.29, 1.82) is 0 Å². The number of aromatic carboxylic acids is 1. The van der Waals surface area contributed by atoms with E-state index in [4.69, 9.17) is 4.74 Å². The van der Waals surface area contributed by atoms with E-state index in [2.05, 4.69) is 4.98 Å². The maximum atomic E-state index is 13.0. The number of ether oxygens (including phenoxy) is 1. The number of aromatic nitrogens is 1. The van der Waals surface area contributed by atoms with Gasteiger partial charge in [-0.25, -0.2) is 4.79 Å². The van der Waals surface area contributed by atoms with Crippen LogP contribution in [0.5, 0.6) is 11.5 Å². The normalized spacial score (nSPS) is 11.1. The Bertz CT molecular complexity index is 1350. The monoisotopic (exact) mass is 463 g/mol. The van der Waals surface area contributed by atoms with Gasteiger partial charge in [0, 0.05) is 17.3 Å². The topological polar surface area (TPSA) is 76.5 Å². The molecule has 5 nitrogen and oxygen atoms in total. The fourth-order valence-electron chi connectivity index (χ4n) is 3.26. The minimum Gasteiger partial charge on any atom is -0.478 e. The summed E-state index contributed by atoms with van der Waals surface area (Å²) in [4.78, 5) is 28.7. The number of hydrogen-bond acceptors (Lipinski definition) is 4. The van der Waals surface area contributed by atoms with E-state index in [1.165, 1.54) is 48.7 Å². The van der Waals surface area contributed by atoms with Crippen LogP contribution in [-0.2, 0) is 6.18 Å². The maximum Gasteiger partial charge on any atom is 0.416 e. The second-order valence-corrected chi connectivity index (χ2v) is 7.27. The molecule has 0 radical (unpaired) electrons. The van der Waals surface area contributed by atoms with Crippen LogP contribution in [0.4, 0.5) is 13.2 Å². The first-order chi connectivity index (χ1) is 16.2. The Balaban J connectivity index is 1.59. The van der Waals surface area contributed by atoms with Crippen LogP contribution in [-0.4, -0.2) is 21.8 Å². The summed E-state index contributed by atoms with van der Waals surface area (Å²) in [6.45, 7) is 0. The van der Waals surface area contributed by atoms with Gasteiger partial charge in [0.1, 0.15) is 22.8 Å². The third-order valence-corrected chi connectivity index (χ3v) is 4.96. The number of benzene rings is 3. The highest BCUT2D eigenvalue weighted by Crippen LogP contribution is 2.32. The van der Waals surface area contributed by atoms with Crippen molar-refractivity contribution in [2.24, 2.45) is 0 Å². The third-order valence-electron chi connectivity index (χ3n) is 4.96. The summed E-state index contributed by atoms with van der Waals surface area (Å²) in [5.41, 5.74) is -0.183. The number of halogens is 3. The van der Waals surface area contributed by atoms with Crippen LogP contribution in [0.25, 0.3) is 11.1 Å². The van der Waals surface area contributed by atoms with Gasteiger partial charge in [0.05, 0.1) is 5.56 Å². The van der Waals surface area contributed by atoms with Crippen LogP contribution in [0.1, 0.15) is 32.0 Å². The number of rotatable bonds is 6. The molecule has 0 aliphatic carbocycles. The van der Waals surface area contributed by atoms with Gasteiger partial charge in [-0.2, -0.15) is 13.2 Å². The molecule has 0 aliphatic rings. The highest BCUT2D eigenvalue weighted by atomic mass is 19.4. The van der Waals surface area contributed by atoms with Gasteiger partial charge in [-0.3, -0.25) is 9.78 Å². The number of carbonyl (C=O) groups excluding carboxylic acids is 1. The molecule has 8 heteroatoms. The fraction of sp³-hybridized carbons (Fsp3) is 0.0385. The summed E-state index contributed by atoms with van der Waals surface area (Å²) in [5.74, 6) is -1.29. The minimum atomic E-state index is -4.47. The maximum absolute atomic E-state index is 13.0. The van der Waals surface area contributed by atoms with E-state index in [9.17, 15) is 27.9 Å². The lowest BCUT2D eigenvalue weighted by molar-refractivity contribution is -0.137. The Hall–Kier alpha value is -4.46. The zero-order valence-corrected chi connectivity index (χ0v) is 17.4. The summed E-state index contributed by atoms with van der Waals surface area (Å²) in [6, 6.07) is 20.3. The molecule has 1 N–H and O–H groups in total. The zero-order valence-electron chi connectivity index (χ0n) is 17.4. The predicted octanol–water partition coefficient (Wildman–Crippen LogP) is 6.49. The van der Waals surface area contributed by atoms with Crippen LogP contribution in [0.15, 0.2) is 91.1 Å². The Morgan fingerprint density at radius 1 is 0.824 bits per heavy atom. The van der Waals surface area contributed by atoms with Gasteiger partial charge in [0.2, 0.25) is 5.78 Å². The van der Waals surface area contributed by atoms with Crippen LogP contribution in [0.2, 0.25) is 0 Å². The van der Waals surface area contributed by atoms with E-state index in [1.807, 2.05) is 0 Å². The molecular formula is C26H16F3NO4. The van der Waals surface area contributed by atoms with Gasteiger partial charge in [-0.1, -0.05) is 36.4 Å². The lowest BCUT2D eigenvalue weighted by atomic mass is 10.0. The first-order valence-corrected chi connectivity index (χ1v) is 10.0. The lowest BCUT2D eigenvalue weighted by Crippen LogP contribution is -2.07. The van der Waals surface area contributed by atoms with Crippen LogP contribution >= 0.6 is 0 Å². The van der Waals surface area contributed by atoms with Gasteiger partial charge in [-0.15, -0.1) is 0 Å². The second-order valence-electron chi connectivity index (χ2n) is 7.27. The number of carboxylic acids is 1. The second kappa shape index (κ2) is 9.19. The molecule has 0 bridgehead atoms. The van der Waals surface area contributed by atoms with E-state index in [0.29, 0.717) is 16.9 Å². The van der Waals surface area contributed by atoms with Gasteiger partial charge in [0.25, 0.3) is 0 Å². The van der Waals surface area contributed by atoms with Crippen molar-refractivity contribution in [3.05, 3.63) is 114 Å². The quantitative estimate of drug-likeness (QED) is 0.331. The molecular weight excluding hydrogens is 447 g/mol. The van der Waals surface area contributed by atoms with Gasteiger partial charge < -0.3 is 9.84 Å². The van der Waals surface area contributed by atoms with E-state index in [0.717, 1.165) is 12.1 Å². The first kappa shape index (κ1) is 22.7. The number of ketones is 1. The lowest BCUT2D eigenvalue weighted by Gasteiger charge is -2.11. The molecule has 4 aromatic rings. The van der Waals surface area contributed by atoms with Crippen molar-refractivity contribution in [3.63, 3.8) is 0 Å². The van der Waals surface area contributed by atoms with Crippen molar-refractivity contribution >= 4 is 11.8 Å². The van der Waals surface area contributed by atoms with E-state index < -0.39 is 23.5 Å². The summed E-state index contributed by atoms with van der Waals surface area (Å²) in [5, 5.41) is 9.58. The molecule has 170 valence electrons. The van der Waals surface area contributed by atoms with Crippen molar-refractivity contribution < 1.29 is 32.6 Å².